The topological polar surface area (TPSA) is 77.8 Å². The van der Waals surface area contributed by atoms with Gasteiger partial charge in [0.05, 0.1) is 5.01 Å². The second-order valence-corrected chi connectivity index (χ2v) is 5.16. The van der Waals surface area contributed by atoms with Crippen molar-refractivity contribution in [3.8, 4) is 23.0 Å². The predicted octanol–water partition coefficient (Wildman–Crippen LogP) is 2.64. The first-order chi connectivity index (χ1) is 10.2. The standard InChI is InChI=1S/C13H10F2N4OS/c14-8-2-1-7(5-9(8)15)12-18-13(20-19-12)10-6-21-11(17-10)3-4-16/h1-2,5-6H,3-4,16H2. The maximum Gasteiger partial charge on any atom is 0.277 e. The fourth-order valence-corrected chi connectivity index (χ4v) is 2.52. The van der Waals surface area contributed by atoms with Crippen molar-refractivity contribution < 1.29 is 13.3 Å². The van der Waals surface area contributed by atoms with E-state index in [-0.39, 0.29) is 11.7 Å². The molecule has 3 aromatic rings. The molecular weight excluding hydrogens is 298 g/mol. The van der Waals surface area contributed by atoms with E-state index in [2.05, 4.69) is 15.1 Å². The molecule has 2 aromatic heterocycles. The number of aromatic nitrogens is 3. The molecule has 0 amide bonds. The maximum absolute atomic E-state index is 13.2. The zero-order valence-electron chi connectivity index (χ0n) is 10.7. The zero-order valence-corrected chi connectivity index (χ0v) is 11.5. The van der Waals surface area contributed by atoms with Crippen LogP contribution >= 0.6 is 11.3 Å². The van der Waals surface area contributed by atoms with Gasteiger partial charge in [-0.2, -0.15) is 4.98 Å². The van der Waals surface area contributed by atoms with Crippen LogP contribution in [0.5, 0.6) is 0 Å². The Morgan fingerprint density at radius 3 is 2.81 bits per heavy atom. The fourth-order valence-electron chi connectivity index (χ4n) is 1.73. The lowest BCUT2D eigenvalue weighted by atomic mass is 10.2. The Morgan fingerprint density at radius 2 is 2.05 bits per heavy atom. The number of nitrogens with zero attached hydrogens (tertiary/aromatic N) is 3. The molecule has 8 heteroatoms. The largest absolute Gasteiger partial charge is 0.332 e. The third-order valence-electron chi connectivity index (χ3n) is 2.73. The van der Waals surface area contributed by atoms with Gasteiger partial charge in [0.25, 0.3) is 5.89 Å². The smallest absolute Gasteiger partial charge is 0.277 e. The highest BCUT2D eigenvalue weighted by atomic mass is 32.1. The zero-order chi connectivity index (χ0) is 14.8. The second kappa shape index (κ2) is 5.66. The van der Waals surface area contributed by atoms with E-state index < -0.39 is 11.6 Å². The summed E-state index contributed by atoms with van der Waals surface area (Å²) >= 11 is 1.45. The maximum atomic E-state index is 13.2. The summed E-state index contributed by atoms with van der Waals surface area (Å²) in [7, 11) is 0. The molecule has 0 saturated heterocycles. The van der Waals surface area contributed by atoms with Crippen LogP contribution in [0.1, 0.15) is 5.01 Å². The lowest BCUT2D eigenvalue weighted by Gasteiger charge is -1.95. The highest BCUT2D eigenvalue weighted by Gasteiger charge is 2.15. The summed E-state index contributed by atoms with van der Waals surface area (Å²) in [6, 6.07) is 3.42. The van der Waals surface area contributed by atoms with Gasteiger partial charge in [0.15, 0.2) is 11.6 Å². The van der Waals surface area contributed by atoms with Gasteiger partial charge in [-0.1, -0.05) is 5.16 Å². The van der Waals surface area contributed by atoms with Crippen LogP contribution in [0.4, 0.5) is 8.78 Å². The predicted molar refractivity (Wildman–Crippen MR) is 73.5 cm³/mol. The monoisotopic (exact) mass is 308 g/mol. The van der Waals surface area contributed by atoms with Crippen LogP contribution in [0.25, 0.3) is 23.0 Å². The molecule has 0 bridgehead atoms. The van der Waals surface area contributed by atoms with Crippen molar-refractivity contribution in [3.63, 3.8) is 0 Å². The van der Waals surface area contributed by atoms with Crippen LogP contribution in [-0.2, 0) is 6.42 Å². The molecule has 2 heterocycles. The summed E-state index contributed by atoms with van der Waals surface area (Å²) < 4.78 is 31.2. The third kappa shape index (κ3) is 2.81. The first kappa shape index (κ1) is 13.8. The van der Waals surface area contributed by atoms with Crippen LogP contribution < -0.4 is 5.73 Å². The summed E-state index contributed by atoms with van der Waals surface area (Å²) in [4.78, 5) is 8.46. The molecule has 2 N–H and O–H groups in total. The molecule has 108 valence electrons. The summed E-state index contributed by atoms with van der Waals surface area (Å²) in [5, 5.41) is 6.41. The molecule has 21 heavy (non-hydrogen) atoms. The van der Waals surface area contributed by atoms with Gasteiger partial charge in [0.1, 0.15) is 5.69 Å². The van der Waals surface area contributed by atoms with E-state index in [0.29, 0.717) is 24.2 Å². The van der Waals surface area contributed by atoms with Crippen LogP contribution in [0.15, 0.2) is 28.1 Å². The van der Waals surface area contributed by atoms with E-state index in [1.165, 1.54) is 17.4 Å². The highest BCUT2D eigenvalue weighted by Crippen LogP contribution is 2.24. The summed E-state index contributed by atoms with van der Waals surface area (Å²) in [5.41, 5.74) is 6.34. The summed E-state index contributed by atoms with van der Waals surface area (Å²) in [6.07, 6.45) is 0.675. The number of benzene rings is 1. The van der Waals surface area contributed by atoms with E-state index in [9.17, 15) is 8.78 Å². The summed E-state index contributed by atoms with van der Waals surface area (Å²) in [5.74, 6) is -1.47. The molecule has 0 unspecified atom stereocenters. The molecule has 0 aliphatic heterocycles. The Labute approximate surface area is 122 Å². The lowest BCUT2D eigenvalue weighted by Crippen LogP contribution is -2.01. The van der Waals surface area contributed by atoms with E-state index in [1.54, 1.807) is 5.38 Å². The van der Waals surface area contributed by atoms with E-state index in [0.717, 1.165) is 17.1 Å². The lowest BCUT2D eigenvalue weighted by molar-refractivity contribution is 0.431. The number of nitrogens with two attached hydrogens (primary N) is 1. The Bertz CT molecular complexity index is 771. The van der Waals surface area contributed by atoms with E-state index in [1.807, 2.05) is 0 Å². The van der Waals surface area contributed by atoms with Gasteiger partial charge in [0.2, 0.25) is 5.82 Å². The number of rotatable bonds is 4. The molecule has 0 fully saturated rings. The minimum atomic E-state index is -0.960. The summed E-state index contributed by atoms with van der Waals surface area (Å²) in [6.45, 7) is 0.511. The number of halogens is 2. The van der Waals surface area contributed by atoms with Crippen LogP contribution in [0.3, 0.4) is 0 Å². The Morgan fingerprint density at radius 1 is 1.19 bits per heavy atom. The Balaban J connectivity index is 1.89. The van der Waals surface area contributed by atoms with E-state index in [4.69, 9.17) is 10.3 Å². The van der Waals surface area contributed by atoms with Crippen molar-refractivity contribution in [3.05, 3.63) is 40.2 Å². The van der Waals surface area contributed by atoms with Gasteiger partial charge in [-0.25, -0.2) is 13.8 Å². The average Bonchev–Trinajstić information content (AvgIpc) is 3.11. The Hall–Kier alpha value is -2.19. The van der Waals surface area contributed by atoms with E-state index >= 15 is 0 Å². The molecule has 1 aromatic carbocycles. The number of hydrogen-bond acceptors (Lipinski definition) is 6. The van der Waals surface area contributed by atoms with Crippen LogP contribution in [-0.4, -0.2) is 21.7 Å². The molecule has 3 rings (SSSR count). The van der Waals surface area contributed by atoms with Crippen molar-refractivity contribution in [2.24, 2.45) is 5.73 Å². The van der Waals surface area contributed by atoms with Gasteiger partial charge in [-0.15, -0.1) is 11.3 Å². The van der Waals surface area contributed by atoms with Crippen molar-refractivity contribution in [2.45, 2.75) is 6.42 Å². The van der Waals surface area contributed by atoms with Gasteiger partial charge in [0, 0.05) is 17.4 Å². The molecule has 0 spiro atoms. The third-order valence-corrected chi connectivity index (χ3v) is 3.64. The average molecular weight is 308 g/mol. The number of hydrogen-bond donors (Lipinski definition) is 1. The number of thiazole rings is 1. The van der Waals surface area contributed by atoms with Crippen molar-refractivity contribution in [2.75, 3.05) is 6.54 Å². The van der Waals surface area contributed by atoms with Crippen LogP contribution in [0, 0.1) is 11.6 Å². The fraction of sp³-hybridized carbons (Fsp3) is 0.154. The minimum Gasteiger partial charge on any atom is -0.332 e. The molecule has 0 atom stereocenters. The molecule has 5 nitrogen and oxygen atoms in total. The quantitative estimate of drug-likeness (QED) is 0.801. The van der Waals surface area contributed by atoms with Gasteiger partial charge >= 0.3 is 0 Å². The minimum absolute atomic E-state index is 0.178. The molecule has 0 aliphatic rings. The SMILES string of the molecule is NCCc1nc(-c2nc(-c3ccc(F)c(F)c3)no2)cs1. The van der Waals surface area contributed by atoms with Gasteiger partial charge < -0.3 is 10.3 Å². The molecule has 0 saturated carbocycles. The van der Waals surface area contributed by atoms with Gasteiger partial charge in [-0.05, 0) is 24.7 Å². The van der Waals surface area contributed by atoms with Gasteiger partial charge in [-0.3, -0.25) is 0 Å². The van der Waals surface area contributed by atoms with Crippen LogP contribution in [0.2, 0.25) is 0 Å². The highest BCUT2D eigenvalue weighted by molar-refractivity contribution is 7.09. The molecule has 0 aliphatic carbocycles. The first-order valence-corrected chi connectivity index (χ1v) is 6.99. The second-order valence-electron chi connectivity index (χ2n) is 4.22. The van der Waals surface area contributed by atoms with Crippen molar-refractivity contribution >= 4 is 11.3 Å². The van der Waals surface area contributed by atoms with Crippen molar-refractivity contribution in [1.82, 2.24) is 15.1 Å². The van der Waals surface area contributed by atoms with Crippen molar-refractivity contribution in [1.29, 1.82) is 0 Å². The first-order valence-electron chi connectivity index (χ1n) is 6.11. The normalized spacial score (nSPS) is 11.0. The molecule has 0 radical (unpaired) electrons. The molecular formula is C13H10F2N4OS. The Kier molecular flexibility index (Phi) is 3.72.